The SMILES string of the molecule is O=C(Cc1ccc2c(c1)CCC2)OCC(=O)c1ccc2c(c1)OCCO2. The van der Waals surface area contributed by atoms with Crippen LogP contribution in [0.15, 0.2) is 36.4 Å². The van der Waals surface area contributed by atoms with E-state index in [-0.39, 0.29) is 18.8 Å². The Morgan fingerprint density at radius 2 is 1.73 bits per heavy atom. The minimum absolute atomic E-state index is 0.182. The van der Waals surface area contributed by atoms with Crippen LogP contribution in [0.2, 0.25) is 0 Å². The number of ketones is 1. The van der Waals surface area contributed by atoms with Crippen molar-refractivity contribution in [3.8, 4) is 11.5 Å². The quantitative estimate of drug-likeness (QED) is 0.612. The molecule has 134 valence electrons. The Kier molecular flexibility index (Phi) is 4.61. The van der Waals surface area contributed by atoms with E-state index >= 15 is 0 Å². The Bertz CT molecular complexity index is 855. The summed E-state index contributed by atoms with van der Waals surface area (Å²) in [5.74, 6) is 0.520. The van der Waals surface area contributed by atoms with Crippen molar-refractivity contribution < 1.29 is 23.8 Å². The summed E-state index contributed by atoms with van der Waals surface area (Å²) >= 11 is 0. The molecular weight excluding hydrogens is 332 g/mol. The number of fused-ring (bicyclic) bond motifs is 2. The van der Waals surface area contributed by atoms with E-state index in [0.29, 0.717) is 30.3 Å². The van der Waals surface area contributed by atoms with E-state index in [1.54, 1.807) is 18.2 Å². The first kappa shape index (κ1) is 16.6. The zero-order chi connectivity index (χ0) is 17.9. The fourth-order valence-electron chi connectivity index (χ4n) is 3.40. The van der Waals surface area contributed by atoms with Crippen LogP contribution in [0.5, 0.6) is 11.5 Å². The van der Waals surface area contributed by atoms with Gasteiger partial charge < -0.3 is 14.2 Å². The Morgan fingerprint density at radius 3 is 2.62 bits per heavy atom. The highest BCUT2D eigenvalue weighted by atomic mass is 16.6. The maximum absolute atomic E-state index is 12.3. The third-order valence-corrected chi connectivity index (χ3v) is 4.74. The third kappa shape index (κ3) is 3.57. The molecule has 0 bridgehead atoms. The van der Waals surface area contributed by atoms with E-state index in [0.717, 1.165) is 18.4 Å². The van der Waals surface area contributed by atoms with Crippen molar-refractivity contribution in [1.29, 1.82) is 0 Å². The molecule has 1 heterocycles. The molecule has 0 saturated heterocycles. The maximum Gasteiger partial charge on any atom is 0.310 e. The molecule has 0 atom stereocenters. The summed E-state index contributed by atoms with van der Waals surface area (Å²) in [6, 6.07) is 11.1. The van der Waals surface area contributed by atoms with E-state index in [1.807, 2.05) is 6.07 Å². The average molecular weight is 352 g/mol. The molecule has 0 amide bonds. The van der Waals surface area contributed by atoms with Gasteiger partial charge in [-0.05, 0) is 54.2 Å². The second kappa shape index (κ2) is 7.20. The lowest BCUT2D eigenvalue weighted by Crippen LogP contribution is -2.18. The first-order chi connectivity index (χ1) is 12.7. The molecule has 4 rings (SSSR count). The molecule has 0 N–H and O–H groups in total. The topological polar surface area (TPSA) is 61.8 Å². The Labute approximate surface area is 151 Å². The largest absolute Gasteiger partial charge is 0.486 e. The van der Waals surface area contributed by atoms with Gasteiger partial charge in [0, 0.05) is 5.56 Å². The van der Waals surface area contributed by atoms with Crippen molar-refractivity contribution in [2.75, 3.05) is 19.8 Å². The maximum atomic E-state index is 12.3. The molecule has 2 aromatic carbocycles. The first-order valence-corrected chi connectivity index (χ1v) is 8.88. The highest BCUT2D eigenvalue weighted by Crippen LogP contribution is 2.30. The van der Waals surface area contributed by atoms with Crippen molar-refractivity contribution in [1.82, 2.24) is 0 Å². The fraction of sp³-hybridized carbons (Fsp3) is 0.333. The molecule has 1 aliphatic heterocycles. The molecule has 5 nitrogen and oxygen atoms in total. The van der Waals surface area contributed by atoms with Crippen LogP contribution in [-0.2, 0) is 28.8 Å². The van der Waals surface area contributed by atoms with Gasteiger partial charge in [0.2, 0.25) is 0 Å². The molecule has 2 aromatic rings. The number of aryl methyl sites for hydroxylation is 2. The van der Waals surface area contributed by atoms with Crippen LogP contribution in [0, 0.1) is 0 Å². The minimum atomic E-state index is -0.395. The van der Waals surface area contributed by atoms with Gasteiger partial charge in [-0.15, -0.1) is 0 Å². The second-order valence-electron chi connectivity index (χ2n) is 6.58. The summed E-state index contributed by atoms with van der Waals surface area (Å²) in [5.41, 5.74) is 4.07. The van der Waals surface area contributed by atoms with Crippen molar-refractivity contribution in [2.24, 2.45) is 0 Å². The van der Waals surface area contributed by atoms with Gasteiger partial charge in [-0.25, -0.2) is 0 Å². The zero-order valence-corrected chi connectivity index (χ0v) is 14.5. The van der Waals surface area contributed by atoms with Gasteiger partial charge in [0.1, 0.15) is 13.2 Å². The molecule has 2 aliphatic rings. The predicted molar refractivity (Wildman–Crippen MR) is 94.9 cm³/mol. The normalized spacial score (nSPS) is 14.6. The number of carbonyl (C=O) groups excluding carboxylic acids is 2. The van der Waals surface area contributed by atoms with Gasteiger partial charge in [-0.3, -0.25) is 9.59 Å². The van der Waals surface area contributed by atoms with E-state index in [9.17, 15) is 9.59 Å². The van der Waals surface area contributed by atoms with Gasteiger partial charge in [0.25, 0.3) is 0 Å². The number of carbonyl (C=O) groups is 2. The number of ether oxygens (including phenoxy) is 3. The smallest absolute Gasteiger partial charge is 0.310 e. The van der Waals surface area contributed by atoms with Crippen LogP contribution in [-0.4, -0.2) is 31.6 Å². The first-order valence-electron chi connectivity index (χ1n) is 8.88. The average Bonchev–Trinajstić information content (AvgIpc) is 3.13. The number of Topliss-reactive ketones (excluding diaryl/α,β-unsaturated/α-hetero) is 1. The standard InChI is InChI=1S/C21H20O5/c22-18(17-6-7-19-20(12-17)25-9-8-24-19)13-26-21(23)11-14-4-5-15-2-1-3-16(15)10-14/h4-7,10,12H,1-3,8-9,11,13H2. The summed E-state index contributed by atoms with van der Waals surface area (Å²) in [5, 5.41) is 0. The van der Waals surface area contributed by atoms with Crippen LogP contribution in [0.4, 0.5) is 0 Å². The fourth-order valence-corrected chi connectivity index (χ4v) is 3.40. The summed E-state index contributed by atoms with van der Waals surface area (Å²) in [6.07, 6.45) is 3.54. The lowest BCUT2D eigenvalue weighted by Gasteiger charge is -2.18. The number of hydrogen-bond acceptors (Lipinski definition) is 5. The van der Waals surface area contributed by atoms with E-state index in [4.69, 9.17) is 14.2 Å². The van der Waals surface area contributed by atoms with Gasteiger partial charge in [0.15, 0.2) is 23.9 Å². The molecule has 0 fully saturated rings. The van der Waals surface area contributed by atoms with Crippen LogP contribution < -0.4 is 9.47 Å². The van der Waals surface area contributed by atoms with Crippen molar-refractivity contribution in [3.63, 3.8) is 0 Å². The van der Waals surface area contributed by atoms with E-state index < -0.39 is 5.97 Å². The summed E-state index contributed by atoms with van der Waals surface area (Å²) in [6.45, 7) is 0.685. The molecule has 5 heteroatoms. The van der Waals surface area contributed by atoms with Gasteiger partial charge >= 0.3 is 5.97 Å². The molecule has 0 aromatic heterocycles. The summed E-state index contributed by atoms with van der Waals surface area (Å²) in [7, 11) is 0. The Balaban J connectivity index is 1.33. The molecule has 0 unspecified atom stereocenters. The van der Waals surface area contributed by atoms with E-state index in [2.05, 4.69) is 12.1 Å². The number of esters is 1. The van der Waals surface area contributed by atoms with Crippen molar-refractivity contribution in [2.45, 2.75) is 25.7 Å². The number of rotatable bonds is 5. The zero-order valence-electron chi connectivity index (χ0n) is 14.5. The highest BCUT2D eigenvalue weighted by molar-refractivity contribution is 5.98. The van der Waals surface area contributed by atoms with Crippen LogP contribution in [0.1, 0.15) is 33.5 Å². The molecule has 0 saturated carbocycles. The minimum Gasteiger partial charge on any atom is -0.486 e. The Morgan fingerprint density at radius 1 is 0.923 bits per heavy atom. The lowest BCUT2D eigenvalue weighted by molar-refractivity contribution is -0.141. The van der Waals surface area contributed by atoms with Crippen LogP contribution >= 0.6 is 0 Å². The lowest BCUT2D eigenvalue weighted by atomic mass is 10.0. The van der Waals surface area contributed by atoms with E-state index in [1.165, 1.54) is 17.5 Å². The highest BCUT2D eigenvalue weighted by Gasteiger charge is 2.17. The third-order valence-electron chi connectivity index (χ3n) is 4.74. The summed E-state index contributed by atoms with van der Waals surface area (Å²) < 4.78 is 16.1. The summed E-state index contributed by atoms with van der Waals surface area (Å²) in [4.78, 5) is 24.3. The van der Waals surface area contributed by atoms with Crippen molar-refractivity contribution in [3.05, 3.63) is 58.7 Å². The molecule has 1 aliphatic carbocycles. The van der Waals surface area contributed by atoms with Gasteiger partial charge in [-0.1, -0.05) is 18.2 Å². The molecule has 26 heavy (non-hydrogen) atoms. The van der Waals surface area contributed by atoms with Gasteiger partial charge in [0.05, 0.1) is 6.42 Å². The molecule has 0 spiro atoms. The number of benzene rings is 2. The number of hydrogen-bond donors (Lipinski definition) is 0. The van der Waals surface area contributed by atoms with Crippen molar-refractivity contribution >= 4 is 11.8 Å². The predicted octanol–water partition coefficient (Wildman–Crippen LogP) is 2.92. The van der Waals surface area contributed by atoms with Gasteiger partial charge in [-0.2, -0.15) is 0 Å². The van der Waals surface area contributed by atoms with Crippen LogP contribution in [0.3, 0.4) is 0 Å². The monoisotopic (exact) mass is 352 g/mol. The van der Waals surface area contributed by atoms with Crippen LogP contribution in [0.25, 0.3) is 0 Å². The molecule has 0 radical (unpaired) electrons. The Hall–Kier alpha value is -2.82. The second-order valence-corrected chi connectivity index (χ2v) is 6.58. The molecular formula is C21H20O5.